The Morgan fingerprint density at radius 1 is 0.962 bits per heavy atom. The van der Waals surface area contributed by atoms with Gasteiger partial charge in [0.15, 0.2) is 0 Å². The maximum atomic E-state index is 14.2. The molecule has 3 rings (SSSR count). The maximum absolute atomic E-state index is 14.2. The average Bonchev–Trinajstić information content (AvgIpc) is 3.33. The van der Waals surface area contributed by atoms with Gasteiger partial charge in [-0.15, -0.1) is 0 Å². The molecule has 1 aromatic rings. The van der Waals surface area contributed by atoms with E-state index >= 15 is 0 Å². The van der Waals surface area contributed by atoms with Crippen molar-refractivity contribution in [3.63, 3.8) is 0 Å². The summed E-state index contributed by atoms with van der Waals surface area (Å²) in [6.45, 7) is 2.79. The van der Waals surface area contributed by atoms with Gasteiger partial charge >= 0.3 is 11.8 Å². The Hall–Kier alpha value is -2.64. The minimum atomic E-state index is -0.924. The van der Waals surface area contributed by atoms with E-state index < -0.39 is 17.6 Å². The van der Waals surface area contributed by atoms with Crippen molar-refractivity contribution in [3.8, 4) is 0 Å². The van der Waals surface area contributed by atoms with Crippen molar-refractivity contribution in [2.75, 3.05) is 42.9 Å². The normalized spacial score (nSPS) is 16.7. The van der Waals surface area contributed by atoms with Crippen molar-refractivity contribution in [2.45, 2.75) is 25.7 Å². The number of hydrogen-bond donors (Lipinski definition) is 2. The van der Waals surface area contributed by atoms with Gasteiger partial charge in [-0.2, -0.15) is 0 Å². The molecule has 0 bridgehead atoms. The van der Waals surface area contributed by atoms with Crippen LogP contribution in [0.5, 0.6) is 0 Å². The van der Waals surface area contributed by atoms with E-state index in [4.69, 9.17) is 0 Å². The minimum absolute atomic E-state index is 0.204. The Morgan fingerprint density at radius 3 is 2.27 bits per heavy atom. The summed E-state index contributed by atoms with van der Waals surface area (Å²) < 4.78 is 14.2. The minimum Gasteiger partial charge on any atom is -0.369 e. The number of carbonyl (C=O) groups is 3. The molecule has 7 nitrogen and oxygen atoms in total. The standard InChI is InChI=1S/C18H23FN4O3/c19-14-11-13(5-6-15(14)22-7-1-2-8-22)21-18(26)17(25)20-12-16(24)23-9-3-4-10-23/h5-6,11H,1-4,7-10,12H2,(H,20,25)(H,21,26). The highest BCUT2D eigenvalue weighted by atomic mass is 19.1. The fraction of sp³-hybridized carbons (Fsp3) is 0.500. The quantitative estimate of drug-likeness (QED) is 0.786. The first kappa shape index (κ1) is 18.2. The van der Waals surface area contributed by atoms with Crippen molar-refractivity contribution >= 4 is 29.1 Å². The lowest BCUT2D eigenvalue weighted by atomic mass is 10.2. The number of anilines is 2. The predicted molar refractivity (Wildman–Crippen MR) is 95.3 cm³/mol. The fourth-order valence-corrected chi connectivity index (χ4v) is 3.30. The number of likely N-dealkylation sites (tertiary alicyclic amines) is 1. The molecule has 1 aromatic carbocycles. The summed E-state index contributed by atoms with van der Waals surface area (Å²) in [6, 6.07) is 4.37. The Balaban J connectivity index is 1.51. The second-order valence-corrected chi connectivity index (χ2v) is 6.59. The fourth-order valence-electron chi connectivity index (χ4n) is 3.30. The van der Waals surface area contributed by atoms with Crippen molar-refractivity contribution in [1.82, 2.24) is 10.2 Å². The molecule has 2 aliphatic rings. The van der Waals surface area contributed by atoms with E-state index in [1.54, 1.807) is 17.0 Å². The van der Waals surface area contributed by atoms with Crippen LogP contribution in [0.3, 0.4) is 0 Å². The lowest BCUT2D eigenvalue weighted by molar-refractivity contribution is -0.138. The third-order valence-corrected chi connectivity index (χ3v) is 4.72. The van der Waals surface area contributed by atoms with E-state index in [2.05, 4.69) is 10.6 Å². The number of nitrogens with zero attached hydrogens (tertiary/aromatic N) is 2. The molecule has 3 amide bonds. The van der Waals surface area contributed by atoms with E-state index in [1.165, 1.54) is 6.07 Å². The van der Waals surface area contributed by atoms with E-state index in [9.17, 15) is 18.8 Å². The molecule has 0 radical (unpaired) electrons. The maximum Gasteiger partial charge on any atom is 0.313 e. The highest BCUT2D eigenvalue weighted by Gasteiger charge is 2.21. The SMILES string of the molecule is O=C(NCC(=O)N1CCCC1)C(=O)Nc1ccc(N2CCCC2)c(F)c1. The second-order valence-electron chi connectivity index (χ2n) is 6.59. The summed E-state index contributed by atoms with van der Waals surface area (Å²) in [5, 5.41) is 4.67. The lowest BCUT2D eigenvalue weighted by Crippen LogP contribution is -2.42. The van der Waals surface area contributed by atoms with Gasteiger partial charge in [0, 0.05) is 31.9 Å². The summed E-state index contributed by atoms with van der Waals surface area (Å²) in [7, 11) is 0. The van der Waals surface area contributed by atoms with Crippen molar-refractivity contribution in [3.05, 3.63) is 24.0 Å². The predicted octanol–water partition coefficient (Wildman–Crippen LogP) is 1.10. The van der Waals surface area contributed by atoms with Gasteiger partial charge in [0.1, 0.15) is 5.82 Å². The molecule has 2 saturated heterocycles. The van der Waals surface area contributed by atoms with Gasteiger partial charge in [-0.05, 0) is 43.9 Å². The molecule has 2 N–H and O–H groups in total. The topological polar surface area (TPSA) is 81.8 Å². The van der Waals surface area contributed by atoms with Crippen LogP contribution in [0.1, 0.15) is 25.7 Å². The van der Waals surface area contributed by atoms with Crippen LogP contribution < -0.4 is 15.5 Å². The van der Waals surface area contributed by atoms with Crippen LogP contribution in [0.4, 0.5) is 15.8 Å². The van der Waals surface area contributed by atoms with Crippen LogP contribution in [-0.2, 0) is 14.4 Å². The molecule has 0 atom stereocenters. The van der Waals surface area contributed by atoms with Crippen LogP contribution in [0.15, 0.2) is 18.2 Å². The van der Waals surface area contributed by atoms with Gasteiger partial charge in [-0.25, -0.2) is 4.39 Å². The van der Waals surface area contributed by atoms with Gasteiger partial charge in [-0.3, -0.25) is 14.4 Å². The monoisotopic (exact) mass is 362 g/mol. The van der Waals surface area contributed by atoms with Crippen molar-refractivity contribution < 1.29 is 18.8 Å². The van der Waals surface area contributed by atoms with E-state index in [0.29, 0.717) is 18.8 Å². The molecular weight excluding hydrogens is 339 g/mol. The Morgan fingerprint density at radius 2 is 1.62 bits per heavy atom. The molecule has 0 unspecified atom stereocenters. The number of rotatable bonds is 4. The zero-order valence-corrected chi connectivity index (χ0v) is 14.6. The van der Waals surface area contributed by atoms with E-state index in [0.717, 1.165) is 38.8 Å². The van der Waals surface area contributed by atoms with Crippen LogP contribution in [0.2, 0.25) is 0 Å². The summed E-state index contributed by atoms with van der Waals surface area (Å²) in [5.74, 6) is -2.48. The number of halogens is 1. The van der Waals surface area contributed by atoms with Crippen LogP contribution in [0.25, 0.3) is 0 Å². The zero-order valence-electron chi connectivity index (χ0n) is 14.6. The lowest BCUT2D eigenvalue weighted by Gasteiger charge is -2.19. The molecule has 140 valence electrons. The van der Waals surface area contributed by atoms with Gasteiger partial charge in [-0.1, -0.05) is 0 Å². The highest BCUT2D eigenvalue weighted by molar-refractivity contribution is 6.39. The number of hydrogen-bond acceptors (Lipinski definition) is 4. The van der Waals surface area contributed by atoms with Crippen LogP contribution >= 0.6 is 0 Å². The van der Waals surface area contributed by atoms with Crippen molar-refractivity contribution in [1.29, 1.82) is 0 Å². The summed E-state index contributed by atoms with van der Waals surface area (Å²) in [6.07, 6.45) is 3.99. The summed E-state index contributed by atoms with van der Waals surface area (Å²) >= 11 is 0. The third kappa shape index (κ3) is 4.30. The molecule has 8 heteroatoms. The Labute approximate surface area is 151 Å². The molecule has 2 fully saturated rings. The molecule has 0 spiro atoms. The third-order valence-electron chi connectivity index (χ3n) is 4.72. The molecular formula is C18H23FN4O3. The van der Waals surface area contributed by atoms with Crippen LogP contribution in [-0.4, -0.2) is 55.3 Å². The number of benzene rings is 1. The molecule has 2 aliphatic heterocycles. The van der Waals surface area contributed by atoms with Gasteiger partial charge < -0.3 is 20.4 Å². The number of amides is 3. The van der Waals surface area contributed by atoms with Crippen LogP contribution in [0, 0.1) is 5.82 Å². The van der Waals surface area contributed by atoms with E-state index in [1.807, 2.05) is 4.90 Å². The average molecular weight is 362 g/mol. The van der Waals surface area contributed by atoms with Gasteiger partial charge in [0.2, 0.25) is 5.91 Å². The first-order valence-corrected chi connectivity index (χ1v) is 8.96. The zero-order chi connectivity index (χ0) is 18.5. The molecule has 26 heavy (non-hydrogen) atoms. The Bertz CT molecular complexity index is 698. The molecule has 0 saturated carbocycles. The number of nitrogens with one attached hydrogen (secondary N) is 2. The molecule has 2 heterocycles. The molecule has 0 aromatic heterocycles. The number of carbonyl (C=O) groups excluding carboxylic acids is 3. The smallest absolute Gasteiger partial charge is 0.313 e. The summed E-state index contributed by atoms with van der Waals surface area (Å²) in [4.78, 5) is 39.2. The first-order chi connectivity index (χ1) is 12.5. The first-order valence-electron chi connectivity index (χ1n) is 8.96. The van der Waals surface area contributed by atoms with Gasteiger partial charge in [0.25, 0.3) is 0 Å². The van der Waals surface area contributed by atoms with E-state index in [-0.39, 0.29) is 18.1 Å². The van der Waals surface area contributed by atoms with Crippen molar-refractivity contribution in [2.24, 2.45) is 0 Å². The molecule has 0 aliphatic carbocycles. The highest BCUT2D eigenvalue weighted by Crippen LogP contribution is 2.26. The largest absolute Gasteiger partial charge is 0.369 e. The Kier molecular flexibility index (Phi) is 5.70. The summed E-state index contributed by atoms with van der Waals surface area (Å²) in [5.41, 5.74) is 0.706. The van der Waals surface area contributed by atoms with Gasteiger partial charge in [0.05, 0.1) is 12.2 Å². The second kappa shape index (κ2) is 8.16.